The Bertz CT molecular complexity index is 468. The predicted octanol–water partition coefficient (Wildman–Crippen LogP) is 3.46. The summed E-state index contributed by atoms with van der Waals surface area (Å²) in [4.78, 5) is 20.4. The first-order valence-corrected chi connectivity index (χ1v) is 6.59. The first-order chi connectivity index (χ1) is 9.61. The normalized spacial score (nSPS) is 8.35. The van der Waals surface area contributed by atoms with E-state index in [1.807, 2.05) is 0 Å². The number of carboxylic acids is 2. The monoisotopic (exact) mass is 342 g/mol. The fraction of sp³-hybridized carbons (Fsp3) is 0. The molecule has 2 N–H and O–H groups in total. The molecular formula is C14H12ClCuO4. The van der Waals surface area contributed by atoms with E-state index in [2.05, 4.69) is 25.2 Å². The molecule has 2 rings (SSSR count). The van der Waals surface area contributed by atoms with Gasteiger partial charge in [0.15, 0.2) is 0 Å². The maximum absolute atomic E-state index is 10.2. The second-order valence-corrected chi connectivity index (χ2v) is 3.34. The van der Waals surface area contributed by atoms with E-state index in [0.717, 1.165) is 0 Å². The molecule has 0 atom stereocenters. The van der Waals surface area contributed by atoms with Crippen LogP contribution in [0.5, 0.6) is 0 Å². The average Bonchev–Trinajstić information content (AvgIpc) is 2.51. The number of aromatic carboxylic acids is 2. The zero-order valence-electron chi connectivity index (χ0n) is 10.2. The fourth-order valence-electron chi connectivity index (χ4n) is 1.16. The van der Waals surface area contributed by atoms with E-state index in [4.69, 9.17) is 10.2 Å². The van der Waals surface area contributed by atoms with Gasteiger partial charge >= 0.3 is 37.1 Å². The van der Waals surface area contributed by atoms with Crippen LogP contribution in [0.15, 0.2) is 60.7 Å². The van der Waals surface area contributed by atoms with Crippen molar-refractivity contribution in [3.05, 3.63) is 71.8 Å². The van der Waals surface area contributed by atoms with E-state index in [1.165, 1.54) is 0 Å². The standard InChI is InChI=1S/2C7H6O2.ClH.Cu/c2*8-7(9)6-4-2-1-3-5-6;;/h2*1-5H,(H,8,9);1H;/q;;;+1/p-1. The Balaban J connectivity index is 0.000000321. The summed E-state index contributed by atoms with van der Waals surface area (Å²) in [6.07, 6.45) is 0. The van der Waals surface area contributed by atoms with Crippen LogP contribution in [0.2, 0.25) is 0 Å². The zero-order chi connectivity index (χ0) is 15.4. The van der Waals surface area contributed by atoms with Gasteiger partial charge in [-0.1, -0.05) is 36.4 Å². The molecule has 0 amide bonds. The summed E-state index contributed by atoms with van der Waals surface area (Å²) >= 11 is 3.66. The molecular weight excluding hydrogens is 331 g/mol. The topological polar surface area (TPSA) is 74.6 Å². The first kappa shape index (κ1) is 18.2. The zero-order valence-corrected chi connectivity index (χ0v) is 11.9. The van der Waals surface area contributed by atoms with Crippen molar-refractivity contribution in [3.8, 4) is 0 Å². The van der Waals surface area contributed by atoms with Crippen LogP contribution < -0.4 is 0 Å². The number of carbonyl (C=O) groups is 2. The molecule has 0 aliphatic heterocycles. The number of rotatable bonds is 2. The number of hydrogen-bond donors (Lipinski definition) is 2. The Morgan fingerprint density at radius 3 is 1.10 bits per heavy atom. The van der Waals surface area contributed by atoms with Crippen molar-refractivity contribution in [3.63, 3.8) is 0 Å². The van der Waals surface area contributed by atoms with Crippen molar-refractivity contribution in [2.45, 2.75) is 0 Å². The van der Waals surface area contributed by atoms with Crippen LogP contribution in [0, 0.1) is 0 Å². The quantitative estimate of drug-likeness (QED) is 0.819. The van der Waals surface area contributed by atoms with Crippen molar-refractivity contribution in [2.75, 3.05) is 0 Å². The van der Waals surface area contributed by atoms with Gasteiger partial charge in [0.25, 0.3) is 0 Å². The van der Waals surface area contributed by atoms with Crippen LogP contribution in [-0.4, -0.2) is 22.2 Å². The third-order valence-electron chi connectivity index (χ3n) is 2.04. The van der Waals surface area contributed by atoms with Gasteiger partial charge in [-0.3, -0.25) is 0 Å². The molecule has 4 nitrogen and oxygen atoms in total. The van der Waals surface area contributed by atoms with E-state index in [0.29, 0.717) is 11.1 Å². The minimum atomic E-state index is -0.879. The number of carboxylic acid groups (broad SMARTS) is 2. The van der Waals surface area contributed by atoms with Crippen molar-refractivity contribution in [1.82, 2.24) is 0 Å². The Hall–Kier alpha value is -1.81. The van der Waals surface area contributed by atoms with Gasteiger partial charge in [-0.05, 0) is 24.3 Å². The van der Waals surface area contributed by atoms with Gasteiger partial charge in [0.1, 0.15) is 0 Å². The molecule has 2 aromatic rings. The van der Waals surface area contributed by atoms with Gasteiger partial charge in [0, 0.05) is 0 Å². The molecule has 6 heteroatoms. The minimum absolute atomic E-state index is 0.331. The summed E-state index contributed by atoms with van der Waals surface area (Å²) in [7, 11) is 4.20. The van der Waals surface area contributed by atoms with Crippen LogP contribution in [0.25, 0.3) is 0 Å². The van der Waals surface area contributed by atoms with Gasteiger partial charge in [0.2, 0.25) is 0 Å². The van der Waals surface area contributed by atoms with Gasteiger partial charge < -0.3 is 10.2 Å². The molecule has 0 aromatic heterocycles. The second-order valence-electron chi connectivity index (χ2n) is 3.34. The number of hydrogen-bond acceptors (Lipinski definition) is 2. The van der Waals surface area contributed by atoms with E-state index < -0.39 is 11.9 Å². The van der Waals surface area contributed by atoms with E-state index in [9.17, 15) is 9.59 Å². The molecule has 0 aliphatic rings. The first-order valence-electron chi connectivity index (χ1n) is 5.29. The molecule has 0 unspecified atom stereocenters. The van der Waals surface area contributed by atoms with Crippen molar-refractivity contribution in [2.24, 2.45) is 0 Å². The molecule has 20 heavy (non-hydrogen) atoms. The molecule has 0 bridgehead atoms. The molecule has 2 aromatic carbocycles. The molecule has 0 fully saturated rings. The number of benzene rings is 2. The van der Waals surface area contributed by atoms with E-state index in [-0.39, 0.29) is 0 Å². The van der Waals surface area contributed by atoms with Gasteiger partial charge in [0.05, 0.1) is 11.1 Å². The van der Waals surface area contributed by atoms with Crippen LogP contribution in [0.4, 0.5) is 0 Å². The van der Waals surface area contributed by atoms with Crippen LogP contribution in [0.3, 0.4) is 0 Å². The SMILES string of the molecule is O=C(O)c1ccccc1.O=C(O)c1ccccc1.[Cl][Cu]. The number of halogens is 1. The van der Waals surface area contributed by atoms with Gasteiger partial charge in [-0.25, -0.2) is 9.59 Å². The Kier molecular flexibility index (Phi) is 10.1. The summed E-state index contributed by atoms with van der Waals surface area (Å²) in [5.41, 5.74) is 0.662. The summed E-state index contributed by atoms with van der Waals surface area (Å²) in [6, 6.07) is 16.6. The summed E-state index contributed by atoms with van der Waals surface area (Å²) in [5, 5.41) is 16.8. The Labute approximate surface area is 129 Å². The Morgan fingerprint density at radius 1 is 0.700 bits per heavy atom. The van der Waals surface area contributed by atoms with Crippen molar-refractivity contribution < 1.29 is 34.9 Å². The molecule has 0 saturated carbocycles. The third kappa shape index (κ3) is 7.59. The second kappa shape index (κ2) is 11.1. The molecule has 0 heterocycles. The van der Waals surface area contributed by atoms with Crippen LogP contribution in [-0.2, 0) is 15.1 Å². The summed E-state index contributed by atoms with van der Waals surface area (Å²) < 4.78 is 0. The molecule has 0 aliphatic carbocycles. The van der Waals surface area contributed by atoms with E-state index >= 15 is 0 Å². The van der Waals surface area contributed by atoms with Gasteiger partial charge in [-0.2, -0.15) is 0 Å². The summed E-state index contributed by atoms with van der Waals surface area (Å²) in [6.45, 7) is 0. The third-order valence-corrected chi connectivity index (χ3v) is 2.04. The molecule has 0 radical (unpaired) electrons. The maximum atomic E-state index is 10.2. The van der Waals surface area contributed by atoms with Crippen LogP contribution in [0.1, 0.15) is 20.7 Å². The Morgan fingerprint density at radius 2 is 0.950 bits per heavy atom. The fourth-order valence-corrected chi connectivity index (χ4v) is 1.16. The average molecular weight is 343 g/mol. The summed E-state index contributed by atoms with van der Waals surface area (Å²) in [5.74, 6) is -1.76. The van der Waals surface area contributed by atoms with Crippen molar-refractivity contribution in [1.29, 1.82) is 0 Å². The van der Waals surface area contributed by atoms with Crippen molar-refractivity contribution >= 4 is 22.0 Å². The molecule has 0 spiro atoms. The van der Waals surface area contributed by atoms with E-state index in [1.54, 1.807) is 60.7 Å². The molecule has 0 saturated heterocycles. The molecule has 110 valence electrons. The van der Waals surface area contributed by atoms with Crippen LogP contribution >= 0.6 is 10.1 Å². The van der Waals surface area contributed by atoms with Gasteiger partial charge in [-0.15, -0.1) is 0 Å². The predicted molar refractivity (Wildman–Crippen MR) is 72.7 cm³/mol.